The van der Waals surface area contributed by atoms with Crippen molar-refractivity contribution in [3.05, 3.63) is 68.7 Å². The summed E-state index contributed by atoms with van der Waals surface area (Å²) in [6.07, 6.45) is 0.224. The molecular formula is C24H30Cl2N2O2. The fraction of sp³-hybridized carbons (Fsp3) is 0.417. The van der Waals surface area contributed by atoms with Gasteiger partial charge < -0.3 is 10.2 Å². The third-order valence-electron chi connectivity index (χ3n) is 4.85. The molecule has 2 rings (SSSR count). The molecule has 1 N–H and O–H groups in total. The van der Waals surface area contributed by atoms with Crippen molar-refractivity contribution in [3.63, 3.8) is 0 Å². The molecule has 4 nitrogen and oxygen atoms in total. The van der Waals surface area contributed by atoms with Gasteiger partial charge in [-0.15, -0.1) is 0 Å². The molecule has 0 unspecified atom stereocenters. The molecule has 30 heavy (non-hydrogen) atoms. The summed E-state index contributed by atoms with van der Waals surface area (Å²) >= 11 is 12.2. The van der Waals surface area contributed by atoms with Crippen LogP contribution in [0.25, 0.3) is 0 Å². The average molecular weight is 449 g/mol. The monoisotopic (exact) mass is 448 g/mol. The number of carbonyl (C=O) groups excluding carboxylic acids is 2. The van der Waals surface area contributed by atoms with E-state index in [4.69, 9.17) is 23.2 Å². The van der Waals surface area contributed by atoms with Crippen LogP contribution < -0.4 is 5.32 Å². The standard InChI is InChI=1S/C24H30Cl2N2O2/c1-15-7-8-16(2)19(11-15)13-22(29)28(17(3)23(30)27-24(4,5)6)14-18-9-10-20(25)21(26)12-18/h7-12,17H,13-14H2,1-6H3,(H,27,30)/t17-/m0/s1. The minimum absolute atomic E-state index is 0.119. The van der Waals surface area contributed by atoms with Crippen molar-refractivity contribution < 1.29 is 9.59 Å². The van der Waals surface area contributed by atoms with Gasteiger partial charge in [0.15, 0.2) is 0 Å². The minimum atomic E-state index is -0.642. The Labute approximate surface area is 189 Å². The van der Waals surface area contributed by atoms with Crippen LogP contribution in [0.3, 0.4) is 0 Å². The Balaban J connectivity index is 2.33. The van der Waals surface area contributed by atoms with E-state index in [0.717, 1.165) is 22.3 Å². The maximum Gasteiger partial charge on any atom is 0.242 e. The summed E-state index contributed by atoms with van der Waals surface area (Å²) in [5.74, 6) is -0.316. The van der Waals surface area contributed by atoms with Crippen LogP contribution in [0, 0.1) is 13.8 Å². The SMILES string of the molecule is Cc1ccc(C)c(CC(=O)N(Cc2ccc(Cl)c(Cl)c2)[C@@H](C)C(=O)NC(C)(C)C)c1. The van der Waals surface area contributed by atoms with Gasteiger partial charge in [0.2, 0.25) is 11.8 Å². The molecule has 0 aliphatic rings. The van der Waals surface area contributed by atoms with Gasteiger partial charge in [-0.05, 0) is 70.4 Å². The molecule has 0 heterocycles. The summed E-state index contributed by atoms with van der Waals surface area (Å²) in [4.78, 5) is 27.8. The quantitative estimate of drug-likeness (QED) is 0.635. The first-order chi connectivity index (χ1) is 13.9. The highest BCUT2D eigenvalue weighted by Crippen LogP contribution is 2.24. The number of nitrogens with zero attached hydrogens (tertiary/aromatic N) is 1. The molecule has 1 atom stereocenters. The number of nitrogens with one attached hydrogen (secondary N) is 1. The highest BCUT2D eigenvalue weighted by molar-refractivity contribution is 6.42. The maximum absolute atomic E-state index is 13.3. The van der Waals surface area contributed by atoms with Crippen molar-refractivity contribution in [1.29, 1.82) is 0 Å². The summed E-state index contributed by atoms with van der Waals surface area (Å²) < 4.78 is 0. The summed E-state index contributed by atoms with van der Waals surface area (Å²) in [6.45, 7) is 11.7. The highest BCUT2D eigenvalue weighted by atomic mass is 35.5. The Hall–Kier alpha value is -2.04. The molecule has 2 amide bonds. The number of carbonyl (C=O) groups is 2. The second-order valence-corrected chi connectivity index (χ2v) is 9.61. The minimum Gasteiger partial charge on any atom is -0.350 e. The molecule has 0 saturated heterocycles. The second-order valence-electron chi connectivity index (χ2n) is 8.79. The first-order valence-electron chi connectivity index (χ1n) is 9.99. The zero-order valence-electron chi connectivity index (χ0n) is 18.5. The van der Waals surface area contributed by atoms with E-state index in [2.05, 4.69) is 5.32 Å². The number of aryl methyl sites for hydroxylation is 2. The van der Waals surface area contributed by atoms with Crippen molar-refractivity contribution >= 4 is 35.0 Å². The summed E-state index contributed by atoms with van der Waals surface area (Å²) in [6, 6.07) is 10.7. The smallest absolute Gasteiger partial charge is 0.242 e. The van der Waals surface area contributed by atoms with Gasteiger partial charge in [-0.3, -0.25) is 9.59 Å². The van der Waals surface area contributed by atoms with Gasteiger partial charge in [-0.1, -0.05) is 53.0 Å². The molecule has 0 spiro atoms. The number of hydrogen-bond acceptors (Lipinski definition) is 2. The van der Waals surface area contributed by atoms with Crippen molar-refractivity contribution in [2.45, 2.75) is 66.1 Å². The Morgan fingerprint density at radius 3 is 2.30 bits per heavy atom. The summed E-state index contributed by atoms with van der Waals surface area (Å²) in [5.41, 5.74) is 3.53. The fourth-order valence-corrected chi connectivity index (χ4v) is 3.47. The lowest BCUT2D eigenvalue weighted by atomic mass is 10.0. The van der Waals surface area contributed by atoms with Gasteiger partial charge in [0, 0.05) is 12.1 Å². The molecule has 0 saturated carbocycles. The average Bonchev–Trinajstić information content (AvgIpc) is 2.63. The zero-order valence-corrected chi connectivity index (χ0v) is 20.0. The fourth-order valence-electron chi connectivity index (χ4n) is 3.15. The van der Waals surface area contributed by atoms with E-state index in [1.807, 2.05) is 58.9 Å². The second kappa shape index (κ2) is 9.84. The van der Waals surface area contributed by atoms with Crippen molar-refractivity contribution in [2.24, 2.45) is 0 Å². The molecule has 0 radical (unpaired) electrons. The number of hydrogen-bond donors (Lipinski definition) is 1. The molecule has 2 aromatic carbocycles. The van der Waals surface area contributed by atoms with Gasteiger partial charge >= 0.3 is 0 Å². The van der Waals surface area contributed by atoms with Crippen LogP contribution in [0.5, 0.6) is 0 Å². The third-order valence-corrected chi connectivity index (χ3v) is 5.59. The first-order valence-corrected chi connectivity index (χ1v) is 10.7. The van der Waals surface area contributed by atoms with Crippen LogP contribution in [-0.2, 0) is 22.6 Å². The van der Waals surface area contributed by atoms with Crippen molar-refractivity contribution in [3.8, 4) is 0 Å². The molecule has 0 bridgehead atoms. The Morgan fingerprint density at radius 1 is 1.03 bits per heavy atom. The molecule has 162 valence electrons. The number of rotatable bonds is 6. The predicted octanol–water partition coefficient (Wildman–Crippen LogP) is 5.48. The Bertz CT molecular complexity index is 935. The summed E-state index contributed by atoms with van der Waals surface area (Å²) in [5, 5.41) is 3.84. The van der Waals surface area contributed by atoms with Crippen LogP contribution in [0.15, 0.2) is 36.4 Å². The van der Waals surface area contributed by atoms with E-state index >= 15 is 0 Å². The Kier molecular flexibility index (Phi) is 7.95. The van der Waals surface area contributed by atoms with Gasteiger partial charge in [-0.25, -0.2) is 0 Å². The largest absolute Gasteiger partial charge is 0.350 e. The normalized spacial score (nSPS) is 12.4. The lowest BCUT2D eigenvalue weighted by molar-refractivity contribution is -0.140. The molecule has 0 aliphatic carbocycles. The van der Waals surface area contributed by atoms with E-state index in [1.54, 1.807) is 24.0 Å². The molecule has 0 fully saturated rings. The van der Waals surface area contributed by atoms with Crippen LogP contribution in [0.1, 0.15) is 49.9 Å². The lowest BCUT2D eigenvalue weighted by Crippen LogP contribution is -2.52. The zero-order chi connectivity index (χ0) is 22.6. The van der Waals surface area contributed by atoms with Crippen LogP contribution >= 0.6 is 23.2 Å². The topological polar surface area (TPSA) is 49.4 Å². The van der Waals surface area contributed by atoms with Crippen LogP contribution in [0.2, 0.25) is 10.0 Å². The van der Waals surface area contributed by atoms with Gasteiger partial charge in [-0.2, -0.15) is 0 Å². The molecule has 6 heteroatoms. The van der Waals surface area contributed by atoms with Crippen LogP contribution in [-0.4, -0.2) is 28.3 Å². The summed E-state index contributed by atoms with van der Waals surface area (Å²) in [7, 11) is 0. The van der Waals surface area contributed by atoms with E-state index in [-0.39, 0.29) is 24.8 Å². The number of amides is 2. The van der Waals surface area contributed by atoms with E-state index in [9.17, 15) is 9.59 Å². The van der Waals surface area contributed by atoms with Crippen LogP contribution in [0.4, 0.5) is 0 Å². The Morgan fingerprint density at radius 2 is 1.70 bits per heavy atom. The lowest BCUT2D eigenvalue weighted by Gasteiger charge is -2.31. The molecule has 2 aromatic rings. The van der Waals surface area contributed by atoms with Gasteiger partial charge in [0.25, 0.3) is 0 Å². The van der Waals surface area contributed by atoms with E-state index in [1.165, 1.54) is 0 Å². The van der Waals surface area contributed by atoms with Crippen molar-refractivity contribution in [1.82, 2.24) is 10.2 Å². The molecule has 0 aliphatic heterocycles. The maximum atomic E-state index is 13.3. The first kappa shape index (κ1) is 24.2. The molecule has 0 aromatic heterocycles. The number of halogens is 2. The third kappa shape index (κ3) is 6.75. The highest BCUT2D eigenvalue weighted by Gasteiger charge is 2.28. The van der Waals surface area contributed by atoms with E-state index < -0.39 is 11.6 Å². The predicted molar refractivity (Wildman–Crippen MR) is 124 cm³/mol. The van der Waals surface area contributed by atoms with Crippen molar-refractivity contribution in [2.75, 3.05) is 0 Å². The van der Waals surface area contributed by atoms with E-state index in [0.29, 0.717) is 10.0 Å². The number of benzene rings is 2. The van der Waals surface area contributed by atoms with Gasteiger partial charge in [0.05, 0.1) is 16.5 Å². The van der Waals surface area contributed by atoms with Gasteiger partial charge in [0.1, 0.15) is 6.04 Å². The molecular weight excluding hydrogens is 419 g/mol.